The van der Waals surface area contributed by atoms with Crippen LogP contribution in [0.3, 0.4) is 0 Å². The second-order valence-corrected chi connectivity index (χ2v) is 3.38. The minimum Gasteiger partial charge on any atom is -0.368 e. The molecule has 0 saturated carbocycles. The van der Waals surface area contributed by atoms with Crippen LogP contribution in [0.2, 0.25) is 0 Å². The van der Waals surface area contributed by atoms with Gasteiger partial charge >= 0.3 is 0 Å². The first kappa shape index (κ1) is 8.13. The molecule has 0 radical (unpaired) electrons. The van der Waals surface area contributed by atoms with Crippen LogP contribution in [0.5, 0.6) is 0 Å². The fraction of sp³-hybridized carbons (Fsp3) is 0.250. The highest BCUT2D eigenvalue weighted by Gasteiger charge is 2.29. The van der Waals surface area contributed by atoms with E-state index in [1.54, 1.807) is 0 Å². The predicted octanol–water partition coefficient (Wildman–Crippen LogP) is 2.80. The standard InChI is InChI=1S/C8H5BrF2O/c9-7-5(10)2-1-4(8(7)11)6-3-12-6/h1-2,6H,3H2. The minimum absolute atomic E-state index is 0.115. The number of epoxide rings is 1. The van der Waals surface area contributed by atoms with E-state index < -0.39 is 11.6 Å². The van der Waals surface area contributed by atoms with Gasteiger partial charge in [-0.05, 0) is 22.0 Å². The summed E-state index contributed by atoms with van der Waals surface area (Å²) in [6.07, 6.45) is -0.179. The Morgan fingerprint density at radius 2 is 2.08 bits per heavy atom. The minimum atomic E-state index is -0.586. The van der Waals surface area contributed by atoms with E-state index in [4.69, 9.17) is 4.74 Å². The summed E-state index contributed by atoms with van der Waals surface area (Å²) in [7, 11) is 0. The summed E-state index contributed by atoms with van der Waals surface area (Å²) in [6, 6.07) is 2.64. The summed E-state index contributed by atoms with van der Waals surface area (Å²) >= 11 is 2.82. The summed E-state index contributed by atoms with van der Waals surface area (Å²) < 4.78 is 30.7. The van der Waals surface area contributed by atoms with Gasteiger partial charge in [-0.15, -0.1) is 0 Å². The Labute approximate surface area is 76.5 Å². The largest absolute Gasteiger partial charge is 0.368 e. The van der Waals surface area contributed by atoms with Crippen molar-refractivity contribution in [1.29, 1.82) is 0 Å². The van der Waals surface area contributed by atoms with Crippen LogP contribution in [-0.4, -0.2) is 6.61 Å². The average molecular weight is 235 g/mol. The van der Waals surface area contributed by atoms with Gasteiger partial charge in [-0.1, -0.05) is 6.07 Å². The van der Waals surface area contributed by atoms with Gasteiger partial charge in [0.2, 0.25) is 0 Å². The van der Waals surface area contributed by atoms with Crippen LogP contribution in [-0.2, 0) is 4.74 Å². The van der Waals surface area contributed by atoms with Crippen molar-refractivity contribution >= 4 is 15.9 Å². The third kappa shape index (κ3) is 1.25. The lowest BCUT2D eigenvalue weighted by Crippen LogP contribution is -1.92. The van der Waals surface area contributed by atoms with E-state index in [-0.39, 0.29) is 10.6 Å². The zero-order valence-electron chi connectivity index (χ0n) is 5.98. The maximum atomic E-state index is 13.2. The van der Waals surface area contributed by atoms with Crippen molar-refractivity contribution in [3.63, 3.8) is 0 Å². The van der Waals surface area contributed by atoms with E-state index in [2.05, 4.69) is 15.9 Å². The molecular weight excluding hydrogens is 230 g/mol. The monoisotopic (exact) mass is 234 g/mol. The molecule has 12 heavy (non-hydrogen) atoms. The Balaban J connectivity index is 2.49. The molecule has 0 amide bonds. The van der Waals surface area contributed by atoms with E-state index in [1.165, 1.54) is 12.1 Å². The number of hydrogen-bond acceptors (Lipinski definition) is 1. The van der Waals surface area contributed by atoms with Crippen molar-refractivity contribution in [3.8, 4) is 0 Å². The number of halogens is 3. The molecule has 1 atom stereocenters. The molecular formula is C8H5BrF2O. The molecule has 1 saturated heterocycles. The lowest BCUT2D eigenvalue weighted by atomic mass is 10.1. The molecule has 1 aromatic rings. The van der Waals surface area contributed by atoms with Gasteiger partial charge in [-0.25, -0.2) is 8.78 Å². The number of ether oxygens (including phenoxy) is 1. The molecule has 0 aromatic heterocycles. The lowest BCUT2D eigenvalue weighted by molar-refractivity contribution is 0.406. The van der Waals surface area contributed by atoms with Crippen molar-refractivity contribution in [3.05, 3.63) is 33.8 Å². The molecule has 0 N–H and O–H groups in total. The summed E-state index contributed by atoms with van der Waals surface area (Å²) in [5.41, 5.74) is 0.420. The molecule has 1 fully saturated rings. The molecule has 1 heterocycles. The SMILES string of the molecule is Fc1ccc(C2CO2)c(F)c1Br. The molecule has 1 aliphatic heterocycles. The fourth-order valence-electron chi connectivity index (χ4n) is 1.02. The average Bonchev–Trinajstić information content (AvgIpc) is 2.84. The molecule has 0 aliphatic carbocycles. The van der Waals surface area contributed by atoms with E-state index in [0.717, 1.165) is 0 Å². The van der Waals surface area contributed by atoms with Crippen LogP contribution < -0.4 is 0 Å². The first-order valence-corrected chi connectivity index (χ1v) is 4.24. The summed E-state index contributed by atoms with van der Waals surface area (Å²) in [4.78, 5) is 0. The molecule has 1 aromatic carbocycles. The van der Waals surface area contributed by atoms with E-state index >= 15 is 0 Å². The molecule has 1 aliphatic rings. The zero-order valence-corrected chi connectivity index (χ0v) is 7.57. The highest BCUT2D eigenvalue weighted by atomic mass is 79.9. The summed E-state index contributed by atoms with van der Waals surface area (Å²) in [5, 5.41) is 0. The van der Waals surface area contributed by atoms with Crippen molar-refractivity contribution in [2.24, 2.45) is 0 Å². The molecule has 1 nitrogen and oxygen atoms in total. The van der Waals surface area contributed by atoms with Gasteiger partial charge in [0, 0.05) is 5.56 Å². The Kier molecular flexibility index (Phi) is 1.88. The van der Waals surface area contributed by atoms with Crippen molar-refractivity contribution in [2.45, 2.75) is 6.10 Å². The smallest absolute Gasteiger partial charge is 0.146 e. The van der Waals surface area contributed by atoms with E-state index in [9.17, 15) is 8.78 Å². The fourth-order valence-corrected chi connectivity index (χ4v) is 1.38. The van der Waals surface area contributed by atoms with E-state index in [1.807, 2.05) is 0 Å². The normalized spacial score (nSPS) is 21.1. The van der Waals surface area contributed by atoms with Gasteiger partial charge in [0.1, 0.15) is 17.7 Å². The van der Waals surface area contributed by atoms with Gasteiger partial charge in [0.25, 0.3) is 0 Å². The van der Waals surface area contributed by atoms with Crippen molar-refractivity contribution < 1.29 is 13.5 Å². The molecule has 2 rings (SSSR count). The Morgan fingerprint density at radius 3 is 2.67 bits per heavy atom. The molecule has 4 heteroatoms. The highest BCUT2D eigenvalue weighted by molar-refractivity contribution is 9.10. The Morgan fingerprint density at radius 1 is 1.42 bits per heavy atom. The van der Waals surface area contributed by atoms with Crippen LogP contribution in [0.4, 0.5) is 8.78 Å². The maximum absolute atomic E-state index is 13.2. The number of hydrogen-bond donors (Lipinski definition) is 0. The third-order valence-electron chi connectivity index (χ3n) is 1.75. The number of benzene rings is 1. The second-order valence-electron chi connectivity index (χ2n) is 2.59. The van der Waals surface area contributed by atoms with E-state index in [0.29, 0.717) is 12.2 Å². The number of rotatable bonds is 1. The molecule has 64 valence electrons. The molecule has 0 bridgehead atoms. The Hall–Kier alpha value is -0.480. The van der Waals surface area contributed by atoms with Gasteiger partial charge in [0.05, 0.1) is 11.1 Å². The topological polar surface area (TPSA) is 12.5 Å². The zero-order chi connectivity index (χ0) is 8.72. The first-order valence-electron chi connectivity index (χ1n) is 3.45. The molecule has 1 unspecified atom stereocenters. The van der Waals surface area contributed by atoms with Gasteiger partial charge in [-0.3, -0.25) is 0 Å². The van der Waals surface area contributed by atoms with Crippen LogP contribution in [0.1, 0.15) is 11.7 Å². The predicted molar refractivity (Wildman–Crippen MR) is 42.8 cm³/mol. The quantitative estimate of drug-likeness (QED) is 0.538. The van der Waals surface area contributed by atoms with Crippen LogP contribution in [0, 0.1) is 11.6 Å². The van der Waals surface area contributed by atoms with Gasteiger partial charge < -0.3 is 4.74 Å². The first-order chi connectivity index (χ1) is 5.70. The van der Waals surface area contributed by atoms with Gasteiger partial charge in [-0.2, -0.15) is 0 Å². The van der Waals surface area contributed by atoms with Crippen molar-refractivity contribution in [2.75, 3.05) is 6.61 Å². The third-order valence-corrected chi connectivity index (χ3v) is 2.47. The van der Waals surface area contributed by atoms with Crippen LogP contribution in [0.15, 0.2) is 16.6 Å². The van der Waals surface area contributed by atoms with Crippen LogP contribution in [0.25, 0.3) is 0 Å². The lowest BCUT2D eigenvalue weighted by Gasteiger charge is -2.01. The summed E-state index contributed by atoms with van der Waals surface area (Å²) in [5.74, 6) is -1.14. The van der Waals surface area contributed by atoms with Gasteiger partial charge in [0.15, 0.2) is 0 Å². The van der Waals surface area contributed by atoms with Crippen molar-refractivity contribution in [1.82, 2.24) is 0 Å². The second kappa shape index (κ2) is 2.78. The maximum Gasteiger partial charge on any atom is 0.146 e. The Bertz CT molecular complexity index is 323. The molecule has 0 spiro atoms. The highest BCUT2D eigenvalue weighted by Crippen LogP contribution is 2.34. The summed E-state index contributed by atoms with van der Waals surface area (Å²) in [6.45, 7) is 0.523. The van der Waals surface area contributed by atoms with Crippen LogP contribution >= 0.6 is 15.9 Å².